The number of amides is 1. The maximum absolute atomic E-state index is 11.9. The number of carbonyl (C=O) groups excluding carboxylic acids is 1. The van der Waals surface area contributed by atoms with Crippen molar-refractivity contribution in [1.29, 1.82) is 0 Å². The molecule has 1 aromatic rings. The molecule has 0 radical (unpaired) electrons. The highest BCUT2D eigenvalue weighted by Crippen LogP contribution is 2.13. The minimum atomic E-state index is 0.0278. The van der Waals surface area contributed by atoms with Crippen LogP contribution in [0.2, 0.25) is 0 Å². The lowest BCUT2D eigenvalue weighted by atomic mass is 10.1. The summed E-state index contributed by atoms with van der Waals surface area (Å²) in [5, 5.41) is 6.18. The lowest BCUT2D eigenvalue weighted by Crippen LogP contribution is -2.38. The molecule has 1 aromatic carbocycles. The van der Waals surface area contributed by atoms with Crippen molar-refractivity contribution in [3.05, 3.63) is 35.4 Å². The highest BCUT2D eigenvalue weighted by atomic mass is 16.5. The lowest BCUT2D eigenvalue weighted by molar-refractivity contribution is -0.120. The minimum absolute atomic E-state index is 0.0278. The van der Waals surface area contributed by atoms with Crippen LogP contribution in [0.25, 0.3) is 0 Å². The standard InChI is InChI=1S/C17H26N2O2/c1-3-14-6-8-15(9-7-14)13(2)19-17(20)12-18-11-16-5-4-10-21-16/h6-9,13,16,18H,3-5,10-12H2,1-2H3,(H,19,20). The van der Waals surface area contributed by atoms with Crippen molar-refractivity contribution in [3.63, 3.8) is 0 Å². The van der Waals surface area contributed by atoms with E-state index >= 15 is 0 Å². The van der Waals surface area contributed by atoms with Crippen LogP contribution in [-0.4, -0.2) is 31.7 Å². The van der Waals surface area contributed by atoms with E-state index in [1.54, 1.807) is 0 Å². The quantitative estimate of drug-likeness (QED) is 0.809. The normalized spacial score (nSPS) is 19.4. The van der Waals surface area contributed by atoms with Crippen LogP contribution >= 0.6 is 0 Å². The maximum atomic E-state index is 11.9. The molecule has 0 saturated carbocycles. The van der Waals surface area contributed by atoms with Crippen molar-refractivity contribution >= 4 is 5.91 Å². The van der Waals surface area contributed by atoms with Gasteiger partial charge in [-0.2, -0.15) is 0 Å². The van der Waals surface area contributed by atoms with Crippen LogP contribution in [0, 0.1) is 0 Å². The molecule has 1 fully saturated rings. The molecule has 2 rings (SSSR count). The topological polar surface area (TPSA) is 50.4 Å². The van der Waals surface area contributed by atoms with Crippen LogP contribution in [0.1, 0.15) is 43.9 Å². The number of hydrogen-bond donors (Lipinski definition) is 2. The maximum Gasteiger partial charge on any atom is 0.234 e. The first-order valence-corrected chi connectivity index (χ1v) is 7.89. The van der Waals surface area contributed by atoms with Gasteiger partial charge in [-0.3, -0.25) is 4.79 Å². The Kier molecular flexibility index (Phi) is 6.21. The molecule has 0 aromatic heterocycles. The summed E-state index contributed by atoms with van der Waals surface area (Å²) < 4.78 is 5.51. The predicted molar refractivity (Wildman–Crippen MR) is 84.2 cm³/mol. The Hall–Kier alpha value is -1.39. The monoisotopic (exact) mass is 290 g/mol. The van der Waals surface area contributed by atoms with Gasteiger partial charge in [0.1, 0.15) is 0 Å². The van der Waals surface area contributed by atoms with Crippen molar-refractivity contribution in [1.82, 2.24) is 10.6 Å². The molecule has 0 bridgehead atoms. The van der Waals surface area contributed by atoms with Crippen LogP contribution < -0.4 is 10.6 Å². The Balaban J connectivity index is 1.70. The first-order valence-electron chi connectivity index (χ1n) is 7.89. The fourth-order valence-electron chi connectivity index (χ4n) is 2.57. The highest BCUT2D eigenvalue weighted by Gasteiger charge is 2.15. The van der Waals surface area contributed by atoms with Gasteiger partial charge in [0.25, 0.3) is 0 Å². The molecule has 2 atom stereocenters. The SMILES string of the molecule is CCc1ccc(C(C)NC(=O)CNCC2CCCO2)cc1. The van der Waals surface area contributed by atoms with Gasteiger partial charge in [-0.15, -0.1) is 0 Å². The molecule has 2 unspecified atom stereocenters. The summed E-state index contributed by atoms with van der Waals surface area (Å²) in [6.07, 6.45) is 3.53. The smallest absolute Gasteiger partial charge is 0.234 e. The molecule has 1 saturated heterocycles. The summed E-state index contributed by atoms with van der Waals surface area (Å²) in [5.74, 6) is 0.0278. The van der Waals surface area contributed by atoms with E-state index in [-0.39, 0.29) is 18.1 Å². The molecule has 1 amide bonds. The van der Waals surface area contributed by atoms with Gasteiger partial charge in [0.05, 0.1) is 18.7 Å². The van der Waals surface area contributed by atoms with Crippen molar-refractivity contribution in [2.75, 3.05) is 19.7 Å². The number of ether oxygens (including phenoxy) is 1. The fourth-order valence-corrected chi connectivity index (χ4v) is 2.57. The molecular weight excluding hydrogens is 264 g/mol. The van der Waals surface area contributed by atoms with E-state index < -0.39 is 0 Å². The second kappa shape index (κ2) is 8.15. The van der Waals surface area contributed by atoms with E-state index in [0.717, 1.165) is 38.0 Å². The highest BCUT2D eigenvalue weighted by molar-refractivity contribution is 5.78. The van der Waals surface area contributed by atoms with E-state index in [2.05, 4.69) is 41.8 Å². The van der Waals surface area contributed by atoms with Gasteiger partial charge in [-0.05, 0) is 37.3 Å². The molecule has 0 aliphatic carbocycles. The molecule has 116 valence electrons. The van der Waals surface area contributed by atoms with Crippen molar-refractivity contribution in [2.24, 2.45) is 0 Å². The molecule has 21 heavy (non-hydrogen) atoms. The van der Waals surface area contributed by atoms with Crippen LogP contribution in [0.15, 0.2) is 24.3 Å². The van der Waals surface area contributed by atoms with E-state index in [9.17, 15) is 4.79 Å². The summed E-state index contributed by atoms with van der Waals surface area (Å²) in [4.78, 5) is 11.9. The van der Waals surface area contributed by atoms with Gasteiger partial charge in [0.2, 0.25) is 5.91 Å². The van der Waals surface area contributed by atoms with E-state index in [1.165, 1.54) is 5.56 Å². The van der Waals surface area contributed by atoms with Gasteiger partial charge in [0, 0.05) is 13.2 Å². The Morgan fingerprint density at radius 1 is 1.38 bits per heavy atom. The van der Waals surface area contributed by atoms with Crippen LogP contribution in [0.5, 0.6) is 0 Å². The number of aryl methyl sites for hydroxylation is 1. The van der Waals surface area contributed by atoms with E-state index in [1.807, 2.05) is 6.92 Å². The summed E-state index contributed by atoms with van der Waals surface area (Å²) in [6.45, 7) is 6.10. The molecule has 2 N–H and O–H groups in total. The fraction of sp³-hybridized carbons (Fsp3) is 0.588. The third-order valence-electron chi connectivity index (χ3n) is 3.95. The summed E-state index contributed by atoms with van der Waals surface area (Å²) >= 11 is 0. The Labute approximate surface area is 127 Å². The molecule has 1 heterocycles. The molecular formula is C17H26N2O2. The largest absolute Gasteiger partial charge is 0.377 e. The van der Waals surface area contributed by atoms with Gasteiger partial charge in [0.15, 0.2) is 0 Å². The van der Waals surface area contributed by atoms with Crippen molar-refractivity contribution in [3.8, 4) is 0 Å². The Morgan fingerprint density at radius 2 is 2.14 bits per heavy atom. The zero-order chi connectivity index (χ0) is 15.1. The summed E-state index contributed by atoms with van der Waals surface area (Å²) in [6, 6.07) is 8.45. The van der Waals surface area contributed by atoms with Crippen LogP contribution in [0.3, 0.4) is 0 Å². The Morgan fingerprint density at radius 3 is 2.76 bits per heavy atom. The number of benzene rings is 1. The van der Waals surface area contributed by atoms with Crippen LogP contribution in [0.4, 0.5) is 0 Å². The van der Waals surface area contributed by atoms with Gasteiger partial charge < -0.3 is 15.4 Å². The van der Waals surface area contributed by atoms with Crippen molar-refractivity contribution < 1.29 is 9.53 Å². The molecule has 0 spiro atoms. The van der Waals surface area contributed by atoms with Gasteiger partial charge in [-0.25, -0.2) is 0 Å². The van der Waals surface area contributed by atoms with Gasteiger partial charge >= 0.3 is 0 Å². The zero-order valence-corrected chi connectivity index (χ0v) is 13.0. The molecule has 4 heteroatoms. The average Bonchev–Trinajstić information content (AvgIpc) is 3.00. The zero-order valence-electron chi connectivity index (χ0n) is 13.0. The molecule has 1 aliphatic heterocycles. The average molecular weight is 290 g/mol. The minimum Gasteiger partial charge on any atom is -0.377 e. The summed E-state index contributed by atoms with van der Waals surface area (Å²) in [5.41, 5.74) is 2.45. The van der Waals surface area contributed by atoms with E-state index in [4.69, 9.17) is 4.74 Å². The number of carbonyl (C=O) groups is 1. The second-order valence-electron chi connectivity index (χ2n) is 5.65. The number of rotatable bonds is 7. The van der Waals surface area contributed by atoms with Crippen molar-refractivity contribution in [2.45, 2.75) is 45.3 Å². The predicted octanol–water partition coefficient (Wildman–Crippen LogP) is 2.19. The third-order valence-corrected chi connectivity index (χ3v) is 3.95. The Bertz CT molecular complexity index is 439. The second-order valence-corrected chi connectivity index (χ2v) is 5.65. The first kappa shape index (κ1) is 16.0. The summed E-state index contributed by atoms with van der Waals surface area (Å²) in [7, 11) is 0. The molecule has 4 nitrogen and oxygen atoms in total. The first-order chi connectivity index (χ1) is 10.2. The third kappa shape index (κ3) is 5.14. The van der Waals surface area contributed by atoms with E-state index in [0.29, 0.717) is 6.54 Å². The van der Waals surface area contributed by atoms with Gasteiger partial charge in [-0.1, -0.05) is 31.2 Å². The van der Waals surface area contributed by atoms with Crippen LogP contribution in [-0.2, 0) is 16.0 Å². The molecule has 1 aliphatic rings. The number of nitrogens with one attached hydrogen (secondary N) is 2. The number of hydrogen-bond acceptors (Lipinski definition) is 3. The lowest BCUT2D eigenvalue weighted by Gasteiger charge is -2.16.